The number of nitrogens with zero attached hydrogens (tertiary/aromatic N) is 2. The summed E-state index contributed by atoms with van der Waals surface area (Å²) in [5.74, 6) is -0.301. The summed E-state index contributed by atoms with van der Waals surface area (Å²) in [4.78, 5) is 12.8. The number of amides is 1. The number of hydrogen-bond acceptors (Lipinski definition) is 3. The highest BCUT2D eigenvalue weighted by molar-refractivity contribution is 5.96. The van der Waals surface area contributed by atoms with E-state index in [-0.39, 0.29) is 12.4 Å². The molecule has 0 bridgehead atoms. The number of carbonyl (C=O) groups is 1. The van der Waals surface area contributed by atoms with E-state index in [1.807, 2.05) is 18.2 Å². The fourth-order valence-corrected chi connectivity index (χ4v) is 2.49. The maximum atomic E-state index is 13.1. The summed E-state index contributed by atoms with van der Waals surface area (Å²) in [6.45, 7) is 0.467. The normalized spacial score (nSPS) is 10.9. The zero-order valence-corrected chi connectivity index (χ0v) is 12.4. The van der Waals surface area contributed by atoms with Crippen LogP contribution in [-0.2, 0) is 4.79 Å². The lowest BCUT2D eigenvalue weighted by atomic mass is 10.1. The number of nitrogens with one attached hydrogen (secondary N) is 1. The minimum Gasteiger partial charge on any atom is -0.396 e. The number of carbonyl (C=O) groups excluding carboxylic acids is 1. The molecule has 6 heteroatoms. The molecule has 0 aliphatic rings. The number of H-pyrrole nitrogens is 1. The van der Waals surface area contributed by atoms with Crippen LogP contribution in [0.3, 0.4) is 0 Å². The summed E-state index contributed by atoms with van der Waals surface area (Å²) in [5.41, 5.74) is 3.06. The van der Waals surface area contributed by atoms with Crippen LogP contribution in [-0.4, -0.2) is 34.9 Å². The number of fused-ring (bicyclic) bond motifs is 1. The minimum absolute atomic E-state index is 0.0269. The van der Waals surface area contributed by atoms with Crippen molar-refractivity contribution in [3.05, 3.63) is 48.3 Å². The summed E-state index contributed by atoms with van der Waals surface area (Å²) in [6, 6.07) is 11.6. The smallest absolute Gasteiger partial charge is 0.214 e. The van der Waals surface area contributed by atoms with Gasteiger partial charge in [0.05, 0.1) is 11.2 Å². The first-order chi connectivity index (χ1) is 11.2. The molecule has 3 rings (SSSR count). The first-order valence-electron chi connectivity index (χ1n) is 7.30. The molecule has 1 amide bonds. The van der Waals surface area contributed by atoms with Crippen molar-refractivity contribution in [3.8, 4) is 11.3 Å². The van der Waals surface area contributed by atoms with E-state index < -0.39 is 0 Å². The highest BCUT2D eigenvalue weighted by Gasteiger charge is 2.12. The highest BCUT2D eigenvalue weighted by atomic mass is 19.1. The van der Waals surface area contributed by atoms with Crippen molar-refractivity contribution in [2.24, 2.45) is 0 Å². The number of halogens is 1. The molecule has 23 heavy (non-hydrogen) atoms. The zero-order valence-electron chi connectivity index (χ0n) is 12.4. The van der Waals surface area contributed by atoms with Crippen molar-refractivity contribution in [2.45, 2.75) is 6.42 Å². The molecule has 5 nitrogen and oxygen atoms in total. The van der Waals surface area contributed by atoms with Crippen LogP contribution in [0.4, 0.5) is 10.1 Å². The lowest BCUT2D eigenvalue weighted by molar-refractivity contribution is -0.107. The monoisotopic (exact) mass is 313 g/mol. The van der Waals surface area contributed by atoms with Crippen molar-refractivity contribution >= 4 is 23.0 Å². The number of aliphatic hydroxyl groups is 1. The first kappa shape index (κ1) is 15.2. The lowest BCUT2D eigenvalue weighted by Crippen LogP contribution is -2.22. The van der Waals surface area contributed by atoms with Crippen molar-refractivity contribution < 1.29 is 14.3 Å². The second-order valence-electron chi connectivity index (χ2n) is 5.18. The van der Waals surface area contributed by atoms with E-state index in [2.05, 4.69) is 10.2 Å². The van der Waals surface area contributed by atoms with E-state index >= 15 is 0 Å². The largest absolute Gasteiger partial charge is 0.396 e. The molecule has 118 valence electrons. The second-order valence-corrected chi connectivity index (χ2v) is 5.18. The standard InChI is InChI=1S/C17H16FN3O2/c18-13-4-2-12(3-5-13)17-15-10-14(6-7-16(15)19-20-17)21(11-23)8-1-9-22/h2-7,10-11,22H,1,8-9H2,(H,19,20). The van der Waals surface area contributed by atoms with E-state index in [1.54, 1.807) is 12.1 Å². The van der Waals surface area contributed by atoms with Gasteiger partial charge in [0.25, 0.3) is 0 Å². The molecule has 0 aliphatic heterocycles. The Balaban J connectivity index is 2.02. The molecule has 0 spiro atoms. The number of aliphatic hydroxyl groups excluding tert-OH is 1. The van der Waals surface area contributed by atoms with E-state index in [0.29, 0.717) is 18.7 Å². The average Bonchev–Trinajstić information content (AvgIpc) is 2.99. The van der Waals surface area contributed by atoms with Gasteiger partial charge in [0.15, 0.2) is 0 Å². The fraction of sp³-hybridized carbons (Fsp3) is 0.176. The third-order valence-corrected chi connectivity index (χ3v) is 3.68. The van der Waals surface area contributed by atoms with Gasteiger partial charge in [0.1, 0.15) is 5.82 Å². The van der Waals surface area contributed by atoms with Crippen LogP contribution in [0.1, 0.15) is 6.42 Å². The van der Waals surface area contributed by atoms with Crippen LogP contribution < -0.4 is 4.90 Å². The van der Waals surface area contributed by atoms with Crippen LogP contribution >= 0.6 is 0 Å². The van der Waals surface area contributed by atoms with Crippen molar-refractivity contribution in [1.82, 2.24) is 10.2 Å². The van der Waals surface area contributed by atoms with Gasteiger partial charge >= 0.3 is 0 Å². The molecule has 1 heterocycles. The molecule has 0 saturated carbocycles. The van der Waals surface area contributed by atoms with Crippen LogP contribution in [0.5, 0.6) is 0 Å². The van der Waals surface area contributed by atoms with Crippen LogP contribution in [0, 0.1) is 5.82 Å². The zero-order chi connectivity index (χ0) is 16.2. The van der Waals surface area contributed by atoms with Gasteiger partial charge in [-0.25, -0.2) is 4.39 Å². The average molecular weight is 313 g/mol. The first-order valence-corrected chi connectivity index (χ1v) is 7.30. The molecule has 0 atom stereocenters. The predicted molar refractivity (Wildman–Crippen MR) is 86.6 cm³/mol. The minimum atomic E-state index is -0.301. The Labute approximate surface area is 132 Å². The molecule has 0 unspecified atom stereocenters. The van der Waals surface area contributed by atoms with Gasteiger partial charge in [-0.2, -0.15) is 5.10 Å². The molecule has 0 saturated heterocycles. The fourth-order valence-electron chi connectivity index (χ4n) is 2.49. The highest BCUT2D eigenvalue weighted by Crippen LogP contribution is 2.29. The third-order valence-electron chi connectivity index (χ3n) is 3.68. The van der Waals surface area contributed by atoms with E-state index in [4.69, 9.17) is 5.11 Å². The number of anilines is 1. The second kappa shape index (κ2) is 6.58. The van der Waals surface area contributed by atoms with Crippen molar-refractivity contribution in [2.75, 3.05) is 18.1 Å². The van der Waals surface area contributed by atoms with Gasteiger partial charge in [-0.15, -0.1) is 0 Å². The number of hydrogen-bond donors (Lipinski definition) is 2. The van der Waals surface area contributed by atoms with E-state index in [9.17, 15) is 9.18 Å². The topological polar surface area (TPSA) is 69.2 Å². The molecule has 2 aromatic carbocycles. The summed E-state index contributed by atoms with van der Waals surface area (Å²) >= 11 is 0. The van der Waals surface area contributed by atoms with E-state index in [0.717, 1.165) is 28.6 Å². The number of rotatable bonds is 6. The molecule has 0 fully saturated rings. The Morgan fingerprint density at radius 3 is 2.70 bits per heavy atom. The van der Waals surface area contributed by atoms with Gasteiger partial charge in [-0.3, -0.25) is 9.89 Å². The van der Waals surface area contributed by atoms with Gasteiger partial charge in [-0.1, -0.05) is 0 Å². The molecule has 1 aromatic heterocycles. The molecular weight excluding hydrogens is 297 g/mol. The Kier molecular flexibility index (Phi) is 4.34. The summed E-state index contributed by atoms with van der Waals surface area (Å²) < 4.78 is 13.1. The number of aromatic nitrogens is 2. The molecule has 3 aromatic rings. The maximum absolute atomic E-state index is 13.1. The Hall–Kier alpha value is -2.73. The van der Waals surface area contributed by atoms with Crippen LogP contribution in [0.25, 0.3) is 22.2 Å². The summed E-state index contributed by atoms with van der Waals surface area (Å²) in [6.07, 6.45) is 1.25. The van der Waals surface area contributed by atoms with Crippen molar-refractivity contribution in [1.29, 1.82) is 0 Å². The van der Waals surface area contributed by atoms with Crippen LogP contribution in [0.15, 0.2) is 42.5 Å². The summed E-state index contributed by atoms with van der Waals surface area (Å²) in [5, 5.41) is 17.0. The maximum Gasteiger partial charge on any atom is 0.214 e. The molecule has 2 N–H and O–H groups in total. The SMILES string of the molecule is O=CN(CCCO)c1ccc2[nH]nc(-c3ccc(F)cc3)c2c1. The Morgan fingerprint density at radius 1 is 1.22 bits per heavy atom. The van der Waals surface area contributed by atoms with Crippen LogP contribution in [0.2, 0.25) is 0 Å². The van der Waals surface area contributed by atoms with Gasteiger partial charge in [0.2, 0.25) is 6.41 Å². The number of aromatic amines is 1. The Bertz CT molecular complexity index is 814. The molecule has 0 radical (unpaired) electrons. The van der Waals surface area contributed by atoms with Gasteiger partial charge < -0.3 is 10.0 Å². The molecule has 0 aliphatic carbocycles. The lowest BCUT2D eigenvalue weighted by Gasteiger charge is -2.16. The van der Waals surface area contributed by atoms with Gasteiger partial charge in [-0.05, 0) is 48.9 Å². The number of benzene rings is 2. The quantitative estimate of drug-likeness (QED) is 0.688. The third kappa shape index (κ3) is 3.07. The summed E-state index contributed by atoms with van der Waals surface area (Å²) in [7, 11) is 0. The molecular formula is C17H16FN3O2. The van der Waals surface area contributed by atoms with E-state index in [1.165, 1.54) is 17.0 Å². The Morgan fingerprint density at radius 2 is 2.00 bits per heavy atom. The van der Waals surface area contributed by atoms with Gasteiger partial charge in [0, 0.05) is 29.8 Å². The van der Waals surface area contributed by atoms with Crippen molar-refractivity contribution in [3.63, 3.8) is 0 Å². The predicted octanol–water partition coefficient (Wildman–Crippen LogP) is 2.71.